The third kappa shape index (κ3) is 8.14. The van der Waals surface area contributed by atoms with E-state index in [1.165, 1.54) is 5.56 Å². The minimum atomic E-state index is -0.241. The molecule has 0 saturated heterocycles. The maximum atomic E-state index is 5.70. The number of hydrogen-bond acceptors (Lipinski definition) is 5. The second-order valence-corrected chi connectivity index (χ2v) is 4.79. The second-order valence-electron chi connectivity index (χ2n) is 4.79. The molecule has 21 heavy (non-hydrogen) atoms. The fourth-order valence-electron chi connectivity index (χ4n) is 1.96. The van der Waals surface area contributed by atoms with Crippen molar-refractivity contribution in [3.05, 3.63) is 35.9 Å². The summed E-state index contributed by atoms with van der Waals surface area (Å²) in [6.07, 6.45) is 0.635. The van der Waals surface area contributed by atoms with Gasteiger partial charge < -0.3 is 24.3 Å². The van der Waals surface area contributed by atoms with Gasteiger partial charge in [0, 0.05) is 40.5 Å². The van der Waals surface area contributed by atoms with Crippen molar-refractivity contribution in [2.45, 2.75) is 25.4 Å². The average molecular weight is 297 g/mol. The molecular formula is C16H27NO4. The Morgan fingerprint density at radius 3 is 2.38 bits per heavy atom. The van der Waals surface area contributed by atoms with Crippen molar-refractivity contribution < 1.29 is 18.9 Å². The zero-order chi connectivity index (χ0) is 15.3. The highest BCUT2D eigenvalue weighted by Crippen LogP contribution is 2.02. The summed E-state index contributed by atoms with van der Waals surface area (Å²) in [6.45, 7) is 2.58. The summed E-state index contributed by atoms with van der Waals surface area (Å²) in [6, 6.07) is 10.4. The highest BCUT2D eigenvalue weighted by atomic mass is 16.7. The van der Waals surface area contributed by atoms with Crippen LogP contribution in [0, 0.1) is 0 Å². The van der Waals surface area contributed by atoms with Crippen molar-refractivity contribution >= 4 is 0 Å². The summed E-state index contributed by atoms with van der Waals surface area (Å²) in [7, 11) is 4.96. The van der Waals surface area contributed by atoms with Crippen LogP contribution in [0.3, 0.4) is 0 Å². The maximum Gasteiger partial charge on any atom is 0.169 e. The Bertz CT molecular complexity index is 343. The van der Waals surface area contributed by atoms with Gasteiger partial charge >= 0.3 is 0 Å². The van der Waals surface area contributed by atoms with Crippen LogP contribution < -0.4 is 5.32 Å². The molecule has 0 aliphatic heterocycles. The molecule has 0 aromatic heterocycles. The normalized spacial score (nSPS) is 12.8. The van der Waals surface area contributed by atoms with Crippen molar-refractivity contribution in [1.82, 2.24) is 5.32 Å². The van der Waals surface area contributed by atoms with E-state index in [1.807, 2.05) is 18.2 Å². The molecule has 0 radical (unpaired) electrons. The molecule has 0 bridgehead atoms. The molecule has 0 aliphatic rings. The van der Waals surface area contributed by atoms with Crippen molar-refractivity contribution in [2.75, 3.05) is 41.1 Å². The molecule has 0 heterocycles. The van der Waals surface area contributed by atoms with E-state index in [0.29, 0.717) is 26.4 Å². The monoisotopic (exact) mass is 297 g/mol. The lowest BCUT2D eigenvalue weighted by Crippen LogP contribution is -2.40. The standard InChI is InChI=1S/C16H27NO4/c1-18-13-15(17-11-16(19-2)20-3)9-10-21-12-14-7-5-4-6-8-14/h4-8,15-17H,9-13H2,1-3H3/t15-/m0/s1. The smallest absolute Gasteiger partial charge is 0.169 e. The highest BCUT2D eigenvalue weighted by Gasteiger charge is 2.11. The first-order chi connectivity index (χ1) is 10.3. The highest BCUT2D eigenvalue weighted by molar-refractivity contribution is 5.13. The molecule has 0 saturated carbocycles. The quantitative estimate of drug-likeness (QED) is 0.471. The molecule has 0 fully saturated rings. The van der Waals surface area contributed by atoms with Crippen LogP contribution in [0.25, 0.3) is 0 Å². The Hall–Kier alpha value is -0.980. The fraction of sp³-hybridized carbons (Fsp3) is 0.625. The van der Waals surface area contributed by atoms with Gasteiger partial charge in [-0.25, -0.2) is 0 Å². The fourth-order valence-corrected chi connectivity index (χ4v) is 1.96. The van der Waals surface area contributed by atoms with Gasteiger partial charge in [-0.1, -0.05) is 30.3 Å². The van der Waals surface area contributed by atoms with E-state index in [-0.39, 0.29) is 12.3 Å². The molecule has 0 aliphatic carbocycles. The zero-order valence-corrected chi connectivity index (χ0v) is 13.2. The SMILES string of the molecule is COC[C@H](CCOCc1ccccc1)NCC(OC)OC. The summed E-state index contributed by atoms with van der Waals surface area (Å²) in [4.78, 5) is 0. The van der Waals surface area contributed by atoms with Crippen molar-refractivity contribution in [2.24, 2.45) is 0 Å². The van der Waals surface area contributed by atoms with Gasteiger partial charge in [0.25, 0.3) is 0 Å². The molecule has 1 aromatic rings. The molecule has 120 valence electrons. The van der Waals surface area contributed by atoms with Gasteiger partial charge in [-0.3, -0.25) is 0 Å². The molecule has 1 N–H and O–H groups in total. The molecule has 5 heteroatoms. The topological polar surface area (TPSA) is 49.0 Å². The Labute approximate surface area is 127 Å². The number of benzene rings is 1. The molecule has 5 nitrogen and oxygen atoms in total. The number of methoxy groups -OCH3 is 3. The minimum Gasteiger partial charge on any atom is -0.383 e. The number of nitrogens with one attached hydrogen (secondary N) is 1. The van der Waals surface area contributed by atoms with E-state index in [9.17, 15) is 0 Å². The molecule has 0 unspecified atom stereocenters. The van der Waals surface area contributed by atoms with E-state index in [2.05, 4.69) is 17.4 Å². The summed E-state index contributed by atoms with van der Waals surface area (Å²) < 4.78 is 21.2. The minimum absolute atomic E-state index is 0.221. The number of ether oxygens (including phenoxy) is 4. The van der Waals surface area contributed by atoms with E-state index in [4.69, 9.17) is 18.9 Å². The number of hydrogen-bond donors (Lipinski definition) is 1. The van der Waals surface area contributed by atoms with E-state index < -0.39 is 0 Å². The van der Waals surface area contributed by atoms with Gasteiger partial charge in [0.2, 0.25) is 0 Å². The first kappa shape index (κ1) is 18.1. The Kier molecular flexibility index (Phi) is 10.0. The van der Waals surface area contributed by atoms with E-state index in [1.54, 1.807) is 21.3 Å². The third-order valence-electron chi connectivity index (χ3n) is 3.19. The van der Waals surface area contributed by atoms with E-state index >= 15 is 0 Å². The lowest BCUT2D eigenvalue weighted by molar-refractivity contribution is -0.101. The summed E-state index contributed by atoms with van der Waals surface area (Å²) >= 11 is 0. The van der Waals surface area contributed by atoms with E-state index in [0.717, 1.165) is 6.42 Å². The molecule has 1 atom stereocenters. The Morgan fingerprint density at radius 2 is 1.76 bits per heavy atom. The predicted octanol–water partition coefficient (Wildman–Crippen LogP) is 1.82. The van der Waals surface area contributed by atoms with Gasteiger partial charge in [0.1, 0.15) is 0 Å². The Balaban J connectivity index is 2.21. The van der Waals surface area contributed by atoms with Crippen LogP contribution in [0.2, 0.25) is 0 Å². The van der Waals surface area contributed by atoms with Gasteiger partial charge in [0.15, 0.2) is 6.29 Å². The Morgan fingerprint density at radius 1 is 1.05 bits per heavy atom. The van der Waals surface area contributed by atoms with Gasteiger partial charge in [-0.05, 0) is 12.0 Å². The lowest BCUT2D eigenvalue weighted by Gasteiger charge is -2.21. The predicted molar refractivity (Wildman–Crippen MR) is 82.2 cm³/mol. The first-order valence-electron chi connectivity index (χ1n) is 7.19. The zero-order valence-electron chi connectivity index (χ0n) is 13.2. The number of rotatable bonds is 12. The van der Waals surface area contributed by atoms with Crippen LogP contribution in [0.1, 0.15) is 12.0 Å². The maximum absolute atomic E-state index is 5.70. The van der Waals surface area contributed by atoms with Gasteiger partial charge in [-0.2, -0.15) is 0 Å². The van der Waals surface area contributed by atoms with Crippen LogP contribution in [-0.2, 0) is 25.6 Å². The van der Waals surface area contributed by atoms with Crippen molar-refractivity contribution in [3.8, 4) is 0 Å². The molecule has 1 aromatic carbocycles. The summed E-state index contributed by atoms with van der Waals surface area (Å²) in [5.41, 5.74) is 1.19. The summed E-state index contributed by atoms with van der Waals surface area (Å²) in [5.74, 6) is 0. The largest absolute Gasteiger partial charge is 0.383 e. The van der Waals surface area contributed by atoms with Crippen molar-refractivity contribution in [3.63, 3.8) is 0 Å². The van der Waals surface area contributed by atoms with Crippen LogP contribution in [0.5, 0.6) is 0 Å². The van der Waals surface area contributed by atoms with Crippen LogP contribution in [0.4, 0.5) is 0 Å². The third-order valence-corrected chi connectivity index (χ3v) is 3.19. The molecule has 1 rings (SSSR count). The summed E-state index contributed by atoms with van der Waals surface area (Å²) in [5, 5.41) is 3.37. The van der Waals surface area contributed by atoms with Crippen LogP contribution >= 0.6 is 0 Å². The molecule has 0 amide bonds. The van der Waals surface area contributed by atoms with Gasteiger partial charge in [0.05, 0.1) is 13.2 Å². The van der Waals surface area contributed by atoms with Crippen LogP contribution in [-0.4, -0.2) is 53.4 Å². The first-order valence-corrected chi connectivity index (χ1v) is 7.19. The van der Waals surface area contributed by atoms with Crippen LogP contribution in [0.15, 0.2) is 30.3 Å². The molecule has 0 spiro atoms. The second kappa shape index (κ2) is 11.7. The average Bonchev–Trinajstić information content (AvgIpc) is 2.53. The van der Waals surface area contributed by atoms with Gasteiger partial charge in [-0.15, -0.1) is 0 Å². The lowest BCUT2D eigenvalue weighted by atomic mass is 10.2. The van der Waals surface area contributed by atoms with Crippen molar-refractivity contribution in [1.29, 1.82) is 0 Å². The molecular weight excluding hydrogens is 270 g/mol.